The maximum absolute atomic E-state index is 13.0. The molecule has 0 bridgehead atoms. The van der Waals surface area contributed by atoms with Crippen LogP contribution in [-0.4, -0.2) is 25.1 Å². The minimum absolute atomic E-state index is 0.171. The molecule has 8 heteroatoms. The van der Waals surface area contributed by atoms with E-state index in [0.717, 1.165) is 24.9 Å². The molecule has 0 aliphatic carbocycles. The number of aromatic nitrogens is 4. The van der Waals surface area contributed by atoms with Crippen molar-refractivity contribution in [2.45, 2.75) is 39.3 Å². The highest BCUT2D eigenvalue weighted by Crippen LogP contribution is 2.15. The van der Waals surface area contributed by atoms with Crippen LogP contribution in [0.1, 0.15) is 42.4 Å². The monoisotopic (exact) mass is 423 g/mol. The van der Waals surface area contributed by atoms with E-state index >= 15 is 0 Å². The normalized spacial score (nSPS) is 11.3. The van der Waals surface area contributed by atoms with Gasteiger partial charge in [0.1, 0.15) is 5.65 Å². The number of benzene rings is 1. The van der Waals surface area contributed by atoms with Gasteiger partial charge in [-0.3, -0.25) is 9.59 Å². The van der Waals surface area contributed by atoms with E-state index in [2.05, 4.69) is 22.3 Å². The number of amides is 1. The fourth-order valence-electron chi connectivity index (χ4n) is 3.42. The van der Waals surface area contributed by atoms with Gasteiger partial charge in [0.05, 0.1) is 22.6 Å². The Labute approximate surface area is 178 Å². The van der Waals surface area contributed by atoms with Crippen LogP contribution in [0.25, 0.3) is 16.4 Å². The minimum atomic E-state index is -0.342. The summed E-state index contributed by atoms with van der Waals surface area (Å²) in [6.07, 6.45) is 6.46. The third-order valence-electron chi connectivity index (χ3n) is 4.95. The molecule has 0 saturated carbocycles. The topological polar surface area (TPSA) is 81.3 Å². The third kappa shape index (κ3) is 4.07. The molecule has 0 fully saturated rings. The first-order chi connectivity index (χ1) is 14.6. The van der Waals surface area contributed by atoms with Crippen molar-refractivity contribution in [1.82, 2.24) is 24.5 Å². The van der Waals surface area contributed by atoms with E-state index in [1.807, 2.05) is 16.7 Å². The maximum Gasteiger partial charge on any atom is 0.274 e. The van der Waals surface area contributed by atoms with Gasteiger partial charge in [-0.05, 0) is 24.6 Å². The lowest BCUT2D eigenvalue weighted by Gasteiger charge is -2.11. The largest absolute Gasteiger partial charge is 0.345 e. The Bertz CT molecular complexity index is 1280. The van der Waals surface area contributed by atoms with Gasteiger partial charge in [0.25, 0.3) is 11.5 Å². The Morgan fingerprint density at radius 3 is 2.70 bits per heavy atom. The molecule has 0 spiro atoms. The van der Waals surface area contributed by atoms with Crippen molar-refractivity contribution in [3.8, 4) is 0 Å². The van der Waals surface area contributed by atoms with Crippen LogP contribution in [0, 0.1) is 0 Å². The average molecular weight is 424 g/mol. The summed E-state index contributed by atoms with van der Waals surface area (Å²) in [5.41, 5.74) is 1.52. The Hall–Kier alpha value is -3.19. The van der Waals surface area contributed by atoms with Gasteiger partial charge in [-0.25, -0.2) is 9.67 Å². The second kappa shape index (κ2) is 8.67. The molecule has 3 aromatic heterocycles. The van der Waals surface area contributed by atoms with E-state index in [4.69, 9.17) is 11.6 Å². The number of nitrogens with zero attached hydrogens (tertiary/aromatic N) is 4. The number of carbonyl (C=O) groups is 1. The number of halogens is 1. The summed E-state index contributed by atoms with van der Waals surface area (Å²) in [6, 6.07) is 10.7. The summed E-state index contributed by atoms with van der Waals surface area (Å²) in [5, 5.41) is 8.91. The van der Waals surface area contributed by atoms with Crippen molar-refractivity contribution < 1.29 is 4.79 Å². The minimum Gasteiger partial charge on any atom is -0.345 e. The fourth-order valence-corrected chi connectivity index (χ4v) is 3.59. The van der Waals surface area contributed by atoms with Gasteiger partial charge in [-0.2, -0.15) is 5.10 Å². The number of fused-ring (bicyclic) bond motifs is 2. The van der Waals surface area contributed by atoms with Gasteiger partial charge in [-0.1, -0.05) is 49.6 Å². The standard InChI is InChI=1S/C22H22ClN5O2/c1-2-3-6-11-28-22(30)18-8-5-4-7-17(18)20(26-28)21(29)24-12-16-14-27-13-15(23)9-10-19(27)25-16/h4-5,7-10,13-14H,2-3,6,11-12H2,1H3,(H,24,29). The molecule has 0 radical (unpaired) electrons. The molecule has 154 valence electrons. The molecule has 7 nitrogen and oxygen atoms in total. The molecule has 1 amide bonds. The van der Waals surface area contributed by atoms with E-state index in [9.17, 15) is 9.59 Å². The first-order valence-electron chi connectivity index (χ1n) is 9.98. The lowest BCUT2D eigenvalue weighted by atomic mass is 10.1. The number of rotatable bonds is 7. The van der Waals surface area contributed by atoms with Crippen LogP contribution in [0.4, 0.5) is 0 Å². The number of hydrogen-bond donors (Lipinski definition) is 1. The zero-order chi connectivity index (χ0) is 21.1. The van der Waals surface area contributed by atoms with Crippen LogP contribution in [-0.2, 0) is 13.1 Å². The predicted octanol–water partition coefficient (Wildman–Crippen LogP) is 3.82. The van der Waals surface area contributed by atoms with Gasteiger partial charge in [0.15, 0.2) is 5.69 Å². The van der Waals surface area contributed by atoms with Crippen molar-refractivity contribution >= 4 is 33.9 Å². The summed E-state index contributed by atoms with van der Waals surface area (Å²) in [5.74, 6) is -0.342. The van der Waals surface area contributed by atoms with Crippen molar-refractivity contribution in [2.24, 2.45) is 0 Å². The van der Waals surface area contributed by atoms with Crippen molar-refractivity contribution in [1.29, 1.82) is 0 Å². The molecule has 0 unspecified atom stereocenters. The summed E-state index contributed by atoms with van der Waals surface area (Å²) in [6.45, 7) is 2.83. The van der Waals surface area contributed by atoms with Crippen LogP contribution in [0.3, 0.4) is 0 Å². The van der Waals surface area contributed by atoms with Crippen molar-refractivity contribution in [2.75, 3.05) is 0 Å². The second-order valence-corrected chi connectivity index (χ2v) is 7.59. The molecule has 0 saturated heterocycles. The number of pyridine rings is 1. The van der Waals surface area contributed by atoms with Crippen LogP contribution in [0.15, 0.2) is 53.6 Å². The van der Waals surface area contributed by atoms with E-state index in [-0.39, 0.29) is 23.7 Å². The first-order valence-corrected chi connectivity index (χ1v) is 10.4. The highest BCUT2D eigenvalue weighted by molar-refractivity contribution is 6.30. The molecule has 0 aliphatic heterocycles. The molecule has 4 rings (SSSR count). The quantitative estimate of drug-likeness (QED) is 0.458. The maximum atomic E-state index is 13.0. The van der Waals surface area contributed by atoms with Gasteiger partial charge in [-0.15, -0.1) is 0 Å². The SMILES string of the molecule is CCCCCn1nc(C(=O)NCc2cn3cc(Cl)ccc3n2)c2ccccc2c1=O. The van der Waals surface area contributed by atoms with Gasteiger partial charge in [0.2, 0.25) is 0 Å². The number of aryl methyl sites for hydroxylation is 1. The van der Waals surface area contributed by atoms with Crippen molar-refractivity contribution in [3.05, 3.63) is 75.6 Å². The molecular weight excluding hydrogens is 402 g/mol. The average Bonchev–Trinajstić information content (AvgIpc) is 3.16. The van der Waals surface area contributed by atoms with Crippen LogP contribution in [0.2, 0.25) is 5.02 Å². The smallest absolute Gasteiger partial charge is 0.274 e. The third-order valence-corrected chi connectivity index (χ3v) is 5.17. The molecule has 0 atom stereocenters. The first kappa shape index (κ1) is 20.1. The molecule has 0 aliphatic rings. The van der Waals surface area contributed by atoms with E-state index < -0.39 is 0 Å². The second-order valence-electron chi connectivity index (χ2n) is 7.16. The van der Waals surface area contributed by atoms with E-state index in [1.165, 1.54) is 4.68 Å². The van der Waals surface area contributed by atoms with Crippen LogP contribution in [0.5, 0.6) is 0 Å². The predicted molar refractivity (Wildman–Crippen MR) is 117 cm³/mol. The van der Waals surface area contributed by atoms with Crippen LogP contribution >= 0.6 is 11.6 Å². The van der Waals surface area contributed by atoms with Gasteiger partial charge >= 0.3 is 0 Å². The number of unbranched alkanes of at least 4 members (excludes halogenated alkanes) is 2. The van der Waals surface area contributed by atoms with Gasteiger partial charge in [0, 0.05) is 24.3 Å². The summed E-state index contributed by atoms with van der Waals surface area (Å²) in [7, 11) is 0. The number of carbonyl (C=O) groups excluding carboxylic acids is 1. The Kier molecular flexibility index (Phi) is 5.81. The lowest BCUT2D eigenvalue weighted by Crippen LogP contribution is -2.30. The van der Waals surface area contributed by atoms with Crippen molar-refractivity contribution in [3.63, 3.8) is 0 Å². The summed E-state index contributed by atoms with van der Waals surface area (Å²) >= 11 is 6.01. The highest BCUT2D eigenvalue weighted by atomic mass is 35.5. The van der Waals surface area contributed by atoms with Gasteiger partial charge < -0.3 is 9.72 Å². The summed E-state index contributed by atoms with van der Waals surface area (Å²) < 4.78 is 3.21. The van der Waals surface area contributed by atoms with E-state index in [0.29, 0.717) is 28.0 Å². The Morgan fingerprint density at radius 1 is 1.10 bits per heavy atom. The fraction of sp³-hybridized carbons (Fsp3) is 0.273. The molecule has 1 aromatic carbocycles. The molecule has 30 heavy (non-hydrogen) atoms. The Morgan fingerprint density at radius 2 is 1.90 bits per heavy atom. The van der Waals surface area contributed by atoms with E-state index in [1.54, 1.807) is 36.5 Å². The number of nitrogens with one attached hydrogen (secondary N) is 1. The molecule has 1 N–H and O–H groups in total. The Balaban J connectivity index is 1.61. The highest BCUT2D eigenvalue weighted by Gasteiger charge is 2.17. The number of hydrogen-bond acceptors (Lipinski definition) is 4. The molecular formula is C22H22ClN5O2. The number of imidazole rings is 1. The lowest BCUT2D eigenvalue weighted by molar-refractivity contribution is 0.0945. The zero-order valence-corrected chi connectivity index (χ0v) is 17.4. The molecule has 4 aromatic rings. The van der Waals surface area contributed by atoms with Crippen LogP contribution < -0.4 is 10.9 Å². The molecule has 3 heterocycles. The zero-order valence-electron chi connectivity index (χ0n) is 16.6. The summed E-state index contributed by atoms with van der Waals surface area (Å²) in [4.78, 5) is 30.2.